The van der Waals surface area contributed by atoms with Crippen LogP contribution in [0.5, 0.6) is 0 Å². The molecule has 2 fully saturated rings. The molecule has 4 rings (SSSR count). The predicted octanol–water partition coefficient (Wildman–Crippen LogP) is 3.23. The molecule has 2 saturated carbocycles. The van der Waals surface area contributed by atoms with E-state index in [1.165, 1.54) is 23.3 Å². The van der Waals surface area contributed by atoms with Crippen LogP contribution in [0.15, 0.2) is 35.8 Å². The molecule has 2 aliphatic rings. The maximum atomic E-state index is 12.3. The van der Waals surface area contributed by atoms with Crippen molar-refractivity contribution < 1.29 is 9.90 Å². The maximum Gasteiger partial charge on any atom is 0.320 e. The number of amides is 2. The second-order valence-electron chi connectivity index (χ2n) is 6.86. The van der Waals surface area contributed by atoms with E-state index in [4.69, 9.17) is 0 Å². The monoisotopic (exact) mass is 343 g/mol. The number of rotatable bonds is 5. The minimum Gasteiger partial charge on any atom is -0.393 e. The van der Waals surface area contributed by atoms with Crippen molar-refractivity contribution in [2.75, 3.05) is 11.9 Å². The van der Waals surface area contributed by atoms with Crippen molar-refractivity contribution >= 4 is 23.2 Å². The highest BCUT2D eigenvalue weighted by molar-refractivity contribution is 7.10. The standard InChI is InChI=1S/C18H21N3O2S/c22-14-8-18(9-14,13-4-2-1-3-5-13)10-19-17(23)21-16-15(12-6-7-12)24-11-20-16/h1-5,11-12,14,22H,6-10H2,(H2,19,21,23). The van der Waals surface area contributed by atoms with Gasteiger partial charge in [-0.25, -0.2) is 9.78 Å². The number of anilines is 1. The zero-order valence-electron chi connectivity index (χ0n) is 13.4. The van der Waals surface area contributed by atoms with Crippen LogP contribution in [0.2, 0.25) is 0 Å². The minimum absolute atomic E-state index is 0.167. The van der Waals surface area contributed by atoms with Crippen LogP contribution in [0.4, 0.5) is 10.6 Å². The third-order valence-electron chi connectivity index (χ3n) is 5.00. The van der Waals surface area contributed by atoms with E-state index >= 15 is 0 Å². The molecule has 1 aromatic heterocycles. The topological polar surface area (TPSA) is 74.2 Å². The predicted molar refractivity (Wildman–Crippen MR) is 94.5 cm³/mol. The fourth-order valence-corrected chi connectivity index (χ4v) is 4.42. The number of benzene rings is 1. The Morgan fingerprint density at radius 1 is 1.29 bits per heavy atom. The second kappa shape index (κ2) is 6.18. The van der Waals surface area contributed by atoms with E-state index in [2.05, 4.69) is 27.8 Å². The van der Waals surface area contributed by atoms with Gasteiger partial charge in [-0.2, -0.15) is 0 Å². The van der Waals surface area contributed by atoms with Crippen molar-refractivity contribution in [1.29, 1.82) is 0 Å². The Kier molecular flexibility index (Phi) is 4.02. The fraction of sp³-hybridized carbons (Fsp3) is 0.444. The lowest BCUT2D eigenvalue weighted by atomic mass is 9.62. The van der Waals surface area contributed by atoms with Crippen LogP contribution in [0.3, 0.4) is 0 Å². The number of urea groups is 1. The van der Waals surface area contributed by atoms with Gasteiger partial charge < -0.3 is 10.4 Å². The van der Waals surface area contributed by atoms with E-state index in [1.54, 1.807) is 16.8 Å². The van der Waals surface area contributed by atoms with Crippen molar-refractivity contribution in [3.05, 3.63) is 46.3 Å². The number of hydrogen-bond acceptors (Lipinski definition) is 4. The number of aliphatic hydroxyl groups excluding tert-OH is 1. The van der Waals surface area contributed by atoms with Gasteiger partial charge in [-0.15, -0.1) is 11.3 Å². The summed E-state index contributed by atoms with van der Waals surface area (Å²) in [6, 6.07) is 9.89. The van der Waals surface area contributed by atoms with Gasteiger partial charge in [-0.1, -0.05) is 30.3 Å². The molecule has 2 aliphatic carbocycles. The molecule has 6 heteroatoms. The first kappa shape index (κ1) is 15.6. The highest BCUT2D eigenvalue weighted by Crippen LogP contribution is 2.45. The molecule has 2 aromatic rings. The molecule has 0 bridgehead atoms. The SMILES string of the molecule is O=C(NCC1(c2ccccc2)CC(O)C1)Nc1ncsc1C1CC1. The number of thiazole rings is 1. The molecule has 0 aliphatic heterocycles. The van der Waals surface area contributed by atoms with Gasteiger partial charge in [0.15, 0.2) is 0 Å². The number of aliphatic hydroxyl groups is 1. The summed E-state index contributed by atoms with van der Waals surface area (Å²) in [6.07, 6.45) is 3.46. The van der Waals surface area contributed by atoms with Gasteiger partial charge in [-0.05, 0) is 37.2 Å². The molecular weight excluding hydrogens is 322 g/mol. The number of carbonyl (C=O) groups excluding carboxylic acids is 1. The van der Waals surface area contributed by atoms with Gasteiger partial charge in [0.1, 0.15) is 5.82 Å². The molecule has 24 heavy (non-hydrogen) atoms. The smallest absolute Gasteiger partial charge is 0.320 e. The van der Waals surface area contributed by atoms with Gasteiger partial charge in [0, 0.05) is 12.0 Å². The first-order chi connectivity index (χ1) is 11.7. The quantitative estimate of drug-likeness (QED) is 0.780. The van der Waals surface area contributed by atoms with Crippen molar-refractivity contribution in [2.24, 2.45) is 0 Å². The van der Waals surface area contributed by atoms with E-state index in [0.29, 0.717) is 31.1 Å². The van der Waals surface area contributed by atoms with Crippen molar-refractivity contribution in [2.45, 2.75) is 43.1 Å². The van der Waals surface area contributed by atoms with Crippen molar-refractivity contribution in [3.63, 3.8) is 0 Å². The normalized spacial score (nSPS) is 25.8. The largest absolute Gasteiger partial charge is 0.393 e. The number of nitrogens with one attached hydrogen (secondary N) is 2. The lowest BCUT2D eigenvalue weighted by Crippen LogP contribution is -2.52. The Bertz CT molecular complexity index is 721. The van der Waals surface area contributed by atoms with E-state index in [1.807, 2.05) is 18.2 Å². The van der Waals surface area contributed by atoms with Crippen LogP contribution in [-0.2, 0) is 5.41 Å². The highest BCUT2D eigenvalue weighted by Gasteiger charge is 2.45. The summed E-state index contributed by atoms with van der Waals surface area (Å²) < 4.78 is 0. The molecule has 3 N–H and O–H groups in total. The van der Waals surface area contributed by atoms with Gasteiger partial charge in [-0.3, -0.25) is 5.32 Å². The molecular formula is C18H21N3O2S. The zero-order chi connectivity index (χ0) is 16.6. The van der Waals surface area contributed by atoms with Crippen LogP contribution in [0.25, 0.3) is 0 Å². The second-order valence-corrected chi connectivity index (χ2v) is 7.74. The molecule has 0 radical (unpaired) electrons. The average Bonchev–Trinajstić information content (AvgIpc) is 3.31. The lowest BCUT2D eigenvalue weighted by molar-refractivity contribution is 0.0193. The van der Waals surface area contributed by atoms with Gasteiger partial charge in [0.05, 0.1) is 16.5 Å². The molecule has 1 aromatic carbocycles. The summed E-state index contributed by atoms with van der Waals surface area (Å²) in [4.78, 5) is 17.7. The molecule has 5 nitrogen and oxygen atoms in total. The van der Waals surface area contributed by atoms with E-state index in [0.717, 1.165) is 0 Å². The van der Waals surface area contributed by atoms with E-state index < -0.39 is 0 Å². The van der Waals surface area contributed by atoms with Gasteiger partial charge >= 0.3 is 6.03 Å². The van der Waals surface area contributed by atoms with Crippen LogP contribution < -0.4 is 10.6 Å². The maximum absolute atomic E-state index is 12.3. The molecule has 0 atom stereocenters. The Labute approximate surface area is 145 Å². The van der Waals surface area contributed by atoms with Crippen LogP contribution in [-0.4, -0.2) is 28.8 Å². The Balaban J connectivity index is 1.39. The summed E-state index contributed by atoms with van der Waals surface area (Å²) in [5.41, 5.74) is 2.79. The van der Waals surface area contributed by atoms with Crippen LogP contribution in [0.1, 0.15) is 42.0 Å². The third-order valence-corrected chi connectivity index (χ3v) is 5.99. The molecule has 0 spiro atoms. The molecule has 1 heterocycles. The van der Waals surface area contributed by atoms with E-state index in [-0.39, 0.29) is 17.6 Å². The zero-order valence-corrected chi connectivity index (χ0v) is 14.2. The lowest BCUT2D eigenvalue weighted by Gasteiger charge is -2.46. The number of carbonyl (C=O) groups is 1. The Hall–Kier alpha value is -1.92. The van der Waals surface area contributed by atoms with Gasteiger partial charge in [0.2, 0.25) is 0 Å². The first-order valence-corrected chi connectivity index (χ1v) is 9.26. The van der Waals surface area contributed by atoms with Crippen molar-refractivity contribution in [1.82, 2.24) is 10.3 Å². The summed E-state index contributed by atoms with van der Waals surface area (Å²) in [7, 11) is 0. The fourth-order valence-electron chi connectivity index (χ4n) is 3.50. The summed E-state index contributed by atoms with van der Waals surface area (Å²) in [5.74, 6) is 1.27. The number of hydrogen-bond donors (Lipinski definition) is 3. The Morgan fingerprint density at radius 3 is 2.71 bits per heavy atom. The van der Waals surface area contributed by atoms with Crippen LogP contribution in [0, 0.1) is 0 Å². The van der Waals surface area contributed by atoms with Crippen molar-refractivity contribution in [3.8, 4) is 0 Å². The highest BCUT2D eigenvalue weighted by atomic mass is 32.1. The average molecular weight is 343 g/mol. The number of nitrogens with zero attached hydrogens (tertiary/aromatic N) is 1. The number of aromatic nitrogens is 1. The summed E-state index contributed by atoms with van der Waals surface area (Å²) >= 11 is 1.61. The van der Waals surface area contributed by atoms with Crippen LogP contribution >= 0.6 is 11.3 Å². The first-order valence-electron chi connectivity index (χ1n) is 8.38. The summed E-state index contributed by atoms with van der Waals surface area (Å²) in [5, 5.41) is 15.6. The third kappa shape index (κ3) is 3.03. The van der Waals surface area contributed by atoms with Gasteiger partial charge in [0.25, 0.3) is 0 Å². The summed E-state index contributed by atoms with van der Waals surface area (Å²) in [6.45, 7) is 0.517. The molecule has 0 unspecified atom stereocenters. The van der Waals surface area contributed by atoms with E-state index in [9.17, 15) is 9.90 Å². The minimum atomic E-state index is -0.282. The molecule has 2 amide bonds. The molecule has 0 saturated heterocycles. The Morgan fingerprint density at radius 2 is 2.04 bits per heavy atom. The molecule has 126 valence electrons.